The fourth-order valence-electron chi connectivity index (χ4n) is 1.01. The van der Waals surface area contributed by atoms with Crippen LogP contribution in [0.15, 0.2) is 16.6 Å². The van der Waals surface area contributed by atoms with Gasteiger partial charge in [-0.25, -0.2) is 4.79 Å². The van der Waals surface area contributed by atoms with Crippen molar-refractivity contribution in [2.24, 2.45) is 0 Å². The van der Waals surface area contributed by atoms with E-state index in [1.54, 1.807) is 19.1 Å². The molecule has 0 amide bonds. The van der Waals surface area contributed by atoms with Gasteiger partial charge in [0.1, 0.15) is 0 Å². The second kappa shape index (κ2) is 4.11. The average molecular weight is 264 g/mol. The third kappa shape index (κ3) is 2.03. The zero-order chi connectivity index (χ0) is 10.0. The number of benzene rings is 1. The van der Waals surface area contributed by atoms with Crippen LogP contribution in [0, 0.1) is 6.92 Å². The van der Waals surface area contributed by atoms with Crippen LogP contribution in [-0.4, -0.2) is 13.1 Å². The van der Waals surface area contributed by atoms with E-state index in [-0.39, 0.29) is 5.97 Å². The van der Waals surface area contributed by atoms with Crippen molar-refractivity contribution in [3.05, 3.63) is 32.8 Å². The molecule has 4 heteroatoms. The molecule has 1 aromatic carbocycles. The molecule has 0 bridgehead atoms. The highest BCUT2D eigenvalue weighted by Gasteiger charge is 2.15. The summed E-state index contributed by atoms with van der Waals surface area (Å²) < 4.78 is 5.32. The number of ether oxygens (including phenoxy) is 1. The smallest absolute Gasteiger partial charge is 0.339 e. The van der Waals surface area contributed by atoms with Gasteiger partial charge in [-0.2, -0.15) is 0 Å². The minimum absolute atomic E-state index is 0.383. The first-order chi connectivity index (χ1) is 6.07. The molecule has 0 unspecified atom stereocenters. The summed E-state index contributed by atoms with van der Waals surface area (Å²) in [5.74, 6) is -0.383. The van der Waals surface area contributed by atoms with Gasteiger partial charge in [-0.1, -0.05) is 11.6 Å². The molecule has 0 radical (unpaired) electrons. The van der Waals surface area contributed by atoms with Crippen molar-refractivity contribution in [1.82, 2.24) is 0 Å². The van der Waals surface area contributed by atoms with Crippen LogP contribution in [0.1, 0.15) is 15.9 Å². The van der Waals surface area contributed by atoms with Gasteiger partial charge in [0.15, 0.2) is 0 Å². The molecule has 0 N–H and O–H groups in total. The van der Waals surface area contributed by atoms with Crippen molar-refractivity contribution >= 4 is 33.5 Å². The number of methoxy groups -OCH3 is 1. The Bertz CT molecular complexity index is 350. The summed E-state index contributed by atoms with van der Waals surface area (Å²) in [5, 5.41) is 0.559. The monoisotopic (exact) mass is 262 g/mol. The minimum Gasteiger partial charge on any atom is -0.465 e. The SMILES string of the molecule is COC(=O)c1c(Br)ccc(Cl)c1C. The highest BCUT2D eigenvalue weighted by atomic mass is 79.9. The van der Waals surface area contributed by atoms with E-state index in [0.717, 1.165) is 5.56 Å². The minimum atomic E-state index is -0.383. The molecular formula is C9H8BrClO2. The van der Waals surface area contributed by atoms with Crippen LogP contribution < -0.4 is 0 Å². The van der Waals surface area contributed by atoms with Crippen LogP contribution in [-0.2, 0) is 4.74 Å². The predicted octanol–water partition coefficient (Wildman–Crippen LogP) is 3.20. The maximum atomic E-state index is 11.3. The molecule has 0 fully saturated rings. The van der Waals surface area contributed by atoms with Gasteiger partial charge in [0.2, 0.25) is 0 Å². The molecule has 0 spiro atoms. The molecule has 2 nitrogen and oxygen atoms in total. The quantitative estimate of drug-likeness (QED) is 0.727. The van der Waals surface area contributed by atoms with Gasteiger partial charge in [0, 0.05) is 9.50 Å². The second-order valence-corrected chi connectivity index (χ2v) is 3.78. The predicted molar refractivity (Wildman–Crippen MR) is 55.2 cm³/mol. The molecule has 1 rings (SSSR count). The van der Waals surface area contributed by atoms with Crippen molar-refractivity contribution in [2.45, 2.75) is 6.92 Å². The summed E-state index contributed by atoms with van der Waals surface area (Å²) in [6.45, 7) is 1.78. The van der Waals surface area contributed by atoms with Gasteiger partial charge in [-0.05, 0) is 40.5 Å². The van der Waals surface area contributed by atoms with Gasteiger partial charge in [0.25, 0.3) is 0 Å². The number of carbonyl (C=O) groups is 1. The summed E-state index contributed by atoms with van der Waals surface area (Å²) in [5.41, 5.74) is 1.21. The van der Waals surface area contributed by atoms with Gasteiger partial charge in [-0.15, -0.1) is 0 Å². The number of carbonyl (C=O) groups excluding carboxylic acids is 1. The topological polar surface area (TPSA) is 26.3 Å². The summed E-state index contributed by atoms with van der Waals surface area (Å²) in [6, 6.07) is 3.45. The normalized spacial score (nSPS) is 9.85. The molecule has 0 aliphatic carbocycles. The highest BCUT2D eigenvalue weighted by molar-refractivity contribution is 9.10. The third-order valence-electron chi connectivity index (χ3n) is 1.74. The Kier molecular flexibility index (Phi) is 3.33. The van der Waals surface area contributed by atoms with Crippen molar-refractivity contribution in [3.8, 4) is 0 Å². The van der Waals surface area contributed by atoms with E-state index in [1.807, 2.05) is 0 Å². The van der Waals surface area contributed by atoms with Crippen molar-refractivity contribution < 1.29 is 9.53 Å². The maximum Gasteiger partial charge on any atom is 0.339 e. The molecule has 13 heavy (non-hydrogen) atoms. The average Bonchev–Trinajstić information content (AvgIpc) is 2.12. The lowest BCUT2D eigenvalue weighted by Crippen LogP contribution is -2.05. The molecule has 0 saturated heterocycles. The fourth-order valence-corrected chi connectivity index (χ4v) is 1.75. The van der Waals surface area contributed by atoms with E-state index < -0.39 is 0 Å². The fraction of sp³-hybridized carbons (Fsp3) is 0.222. The van der Waals surface area contributed by atoms with Crippen LogP contribution in [0.5, 0.6) is 0 Å². The highest BCUT2D eigenvalue weighted by Crippen LogP contribution is 2.26. The van der Waals surface area contributed by atoms with Crippen LogP contribution in [0.2, 0.25) is 5.02 Å². The van der Waals surface area contributed by atoms with Crippen LogP contribution in [0.25, 0.3) is 0 Å². The van der Waals surface area contributed by atoms with Gasteiger partial charge >= 0.3 is 5.97 Å². The number of hydrogen-bond donors (Lipinski definition) is 0. The second-order valence-electron chi connectivity index (χ2n) is 2.52. The first-order valence-corrected chi connectivity index (χ1v) is 4.78. The third-order valence-corrected chi connectivity index (χ3v) is 2.81. The Morgan fingerprint density at radius 3 is 2.69 bits per heavy atom. The first-order valence-electron chi connectivity index (χ1n) is 3.61. The lowest BCUT2D eigenvalue weighted by molar-refractivity contribution is 0.0599. The van der Waals surface area contributed by atoms with Crippen LogP contribution in [0.4, 0.5) is 0 Å². The Balaban J connectivity index is 3.33. The Labute approximate surface area is 90.0 Å². The molecular weight excluding hydrogens is 255 g/mol. The van der Waals surface area contributed by atoms with Gasteiger partial charge < -0.3 is 4.74 Å². The van der Waals surface area contributed by atoms with Crippen molar-refractivity contribution in [2.75, 3.05) is 7.11 Å². The molecule has 0 heterocycles. The van der Waals surface area contributed by atoms with E-state index in [9.17, 15) is 4.79 Å². The maximum absolute atomic E-state index is 11.3. The Hall–Kier alpha value is -0.540. The first kappa shape index (κ1) is 10.5. The lowest BCUT2D eigenvalue weighted by Gasteiger charge is -2.07. The standard InChI is InChI=1S/C9H8BrClO2/c1-5-7(11)4-3-6(10)8(5)9(12)13-2/h3-4H,1-2H3. The molecule has 0 aliphatic heterocycles. The van der Waals surface area contributed by atoms with Crippen LogP contribution >= 0.6 is 27.5 Å². The van der Waals surface area contributed by atoms with E-state index >= 15 is 0 Å². The molecule has 0 aromatic heterocycles. The Morgan fingerprint density at radius 1 is 1.54 bits per heavy atom. The summed E-state index contributed by atoms with van der Waals surface area (Å²) >= 11 is 9.12. The lowest BCUT2D eigenvalue weighted by atomic mass is 10.1. The van der Waals surface area contributed by atoms with E-state index in [2.05, 4.69) is 20.7 Å². The van der Waals surface area contributed by atoms with Crippen molar-refractivity contribution in [3.63, 3.8) is 0 Å². The van der Waals surface area contributed by atoms with E-state index in [4.69, 9.17) is 11.6 Å². The number of halogens is 2. The number of rotatable bonds is 1. The molecule has 1 aromatic rings. The largest absolute Gasteiger partial charge is 0.465 e. The zero-order valence-corrected chi connectivity index (χ0v) is 9.57. The van der Waals surface area contributed by atoms with Crippen molar-refractivity contribution in [1.29, 1.82) is 0 Å². The van der Waals surface area contributed by atoms with Crippen LogP contribution in [0.3, 0.4) is 0 Å². The van der Waals surface area contributed by atoms with Gasteiger partial charge in [0.05, 0.1) is 12.7 Å². The molecule has 70 valence electrons. The molecule has 0 atom stereocenters. The van der Waals surface area contributed by atoms with E-state index in [0.29, 0.717) is 15.1 Å². The summed E-state index contributed by atoms with van der Waals surface area (Å²) in [6.07, 6.45) is 0. The summed E-state index contributed by atoms with van der Waals surface area (Å²) in [4.78, 5) is 11.3. The number of hydrogen-bond acceptors (Lipinski definition) is 2. The molecule has 0 saturated carbocycles. The van der Waals surface area contributed by atoms with E-state index in [1.165, 1.54) is 7.11 Å². The summed E-state index contributed by atoms with van der Waals surface area (Å²) in [7, 11) is 1.34. The number of esters is 1. The zero-order valence-electron chi connectivity index (χ0n) is 7.23. The molecule has 0 aliphatic rings. The van der Waals surface area contributed by atoms with Gasteiger partial charge in [-0.3, -0.25) is 0 Å². The Morgan fingerprint density at radius 2 is 2.15 bits per heavy atom.